The predicted molar refractivity (Wildman–Crippen MR) is 122 cm³/mol. The predicted octanol–water partition coefficient (Wildman–Crippen LogP) is 4.78. The third-order valence-electron chi connectivity index (χ3n) is 5.04. The van der Waals surface area contributed by atoms with Crippen molar-refractivity contribution < 1.29 is 4.39 Å². The summed E-state index contributed by atoms with van der Waals surface area (Å²) in [4.78, 5) is 13.0. The van der Waals surface area contributed by atoms with Crippen LogP contribution in [0.4, 0.5) is 22.0 Å². The van der Waals surface area contributed by atoms with Crippen LogP contribution in [0.5, 0.6) is 0 Å². The van der Waals surface area contributed by atoms with Gasteiger partial charge in [-0.3, -0.25) is 4.57 Å². The van der Waals surface area contributed by atoms with Crippen molar-refractivity contribution in [1.82, 2.24) is 29.7 Å². The highest BCUT2D eigenvalue weighted by atomic mass is 32.2. The molecular weight excluding hydrogens is 427 g/mol. The van der Waals surface area contributed by atoms with E-state index < -0.39 is 0 Å². The lowest BCUT2D eigenvalue weighted by Gasteiger charge is -2.13. The van der Waals surface area contributed by atoms with E-state index in [0.29, 0.717) is 28.3 Å². The number of hydrogen-bond donors (Lipinski definition) is 2. The molecule has 8 nitrogen and oxygen atoms in total. The van der Waals surface area contributed by atoms with Crippen molar-refractivity contribution >= 4 is 29.3 Å². The molecule has 0 amide bonds. The summed E-state index contributed by atoms with van der Waals surface area (Å²) < 4.78 is 16.4. The van der Waals surface area contributed by atoms with Gasteiger partial charge in [0.1, 0.15) is 11.6 Å². The zero-order chi connectivity index (χ0) is 22.1. The SMILES string of the molecule is CC(Sc1nnc(-c2ccccc2F)n1C1CC1)c1nc(N)nc(Nc2ccccc2)n1. The molecule has 0 aliphatic heterocycles. The number of hydrogen-bond acceptors (Lipinski definition) is 8. The number of rotatable bonds is 7. The zero-order valence-corrected chi connectivity index (χ0v) is 18.1. The Kier molecular flexibility index (Phi) is 5.44. The Morgan fingerprint density at radius 2 is 1.78 bits per heavy atom. The third-order valence-corrected chi connectivity index (χ3v) is 6.09. The largest absolute Gasteiger partial charge is 0.368 e. The molecule has 1 fully saturated rings. The fraction of sp³-hybridized carbons (Fsp3) is 0.227. The molecule has 1 aliphatic rings. The number of nitrogens with one attached hydrogen (secondary N) is 1. The van der Waals surface area contributed by atoms with Crippen LogP contribution in [0.3, 0.4) is 0 Å². The van der Waals surface area contributed by atoms with Crippen LogP contribution in [0.15, 0.2) is 59.8 Å². The van der Waals surface area contributed by atoms with E-state index in [1.54, 1.807) is 18.2 Å². The summed E-state index contributed by atoms with van der Waals surface area (Å²) in [5, 5.41) is 12.4. The minimum absolute atomic E-state index is 0.136. The Morgan fingerprint density at radius 3 is 2.53 bits per heavy atom. The number of nitrogens with two attached hydrogens (primary N) is 1. The summed E-state index contributed by atoms with van der Waals surface area (Å²) >= 11 is 1.47. The fourth-order valence-electron chi connectivity index (χ4n) is 3.35. The van der Waals surface area contributed by atoms with E-state index in [1.807, 2.05) is 41.8 Å². The van der Waals surface area contributed by atoms with Gasteiger partial charge in [-0.25, -0.2) is 4.39 Å². The molecule has 2 aromatic heterocycles. The number of nitrogen functional groups attached to an aromatic ring is 1. The number of thioether (sulfide) groups is 1. The van der Waals surface area contributed by atoms with Crippen LogP contribution in [0.25, 0.3) is 11.4 Å². The fourth-order valence-corrected chi connectivity index (χ4v) is 4.32. The second kappa shape index (κ2) is 8.54. The highest BCUT2D eigenvalue weighted by molar-refractivity contribution is 7.99. The summed E-state index contributed by atoms with van der Waals surface area (Å²) in [6, 6.07) is 16.5. The second-order valence-corrected chi connectivity index (χ2v) is 8.82. The van der Waals surface area contributed by atoms with Crippen LogP contribution in [-0.2, 0) is 0 Å². The average Bonchev–Trinajstić information content (AvgIpc) is 3.54. The maximum atomic E-state index is 14.4. The number of halogens is 1. The van der Waals surface area contributed by atoms with Crippen molar-refractivity contribution in [2.24, 2.45) is 0 Å². The van der Waals surface area contributed by atoms with Gasteiger partial charge in [0, 0.05) is 11.7 Å². The highest BCUT2D eigenvalue weighted by Gasteiger charge is 2.32. The monoisotopic (exact) mass is 448 g/mol. The van der Waals surface area contributed by atoms with Crippen molar-refractivity contribution in [1.29, 1.82) is 0 Å². The molecule has 0 radical (unpaired) electrons. The minimum atomic E-state index is -0.312. The number of nitrogens with zero attached hydrogens (tertiary/aromatic N) is 6. The summed E-state index contributed by atoms with van der Waals surface area (Å²) in [6.45, 7) is 1.97. The molecule has 4 aromatic rings. The van der Waals surface area contributed by atoms with Crippen molar-refractivity contribution in [3.05, 3.63) is 66.2 Å². The molecule has 2 heterocycles. The first-order chi connectivity index (χ1) is 15.6. The zero-order valence-electron chi connectivity index (χ0n) is 17.3. The van der Waals surface area contributed by atoms with E-state index in [2.05, 4.69) is 30.5 Å². The number of para-hydroxylation sites is 1. The van der Waals surface area contributed by atoms with Crippen LogP contribution in [-0.4, -0.2) is 29.7 Å². The van der Waals surface area contributed by atoms with E-state index in [0.717, 1.165) is 18.5 Å². The lowest BCUT2D eigenvalue weighted by Crippen LogP contribution is -2.09. The molecule has 3 N–H and O–H groups in total. The Balaban J connectivity index is 1.42. The van der Waals surface area contributed by atoms with E-state index >= 15 is 0 Å². The molecule has 2 aromatic carbocycles. The quantitative estimate of drug-likeness (QED) is 0.389. The molecule has 5 rings (SSSR count). The van der Waals surface area contributed by atoms with Gasteiger partial charge >= 0.3 is 0 Å². The topological polar surface area (TPSA) is 107 Å². The first-order valence-electron chi connectivity index (χ1n) is 10.3. The van der Waals surface area contributed by atoms with E-state index in [9.17, 15) is 4.39 Å². The lowest BCUT2D eigenvalue weighted by atomic mass is 10.2. The molecule has 1 aliphatic carbocycles. The van der Waals surface area contributed by atoms with Crippen LogP contribution >= 0.6 is 11.8 Å². The third kappa shape index (κ3) is 4.26. The van der Waals surface area contributed by atoms with Crippen LogP contribution in [0.2, 0.25) is 0 Å². The molecule has 0 bridgehead atoms. The summed E-state index contributed by atoms with van der Waals surface area (Å²) in [7, 11) is 0. The average molecular weight is 449 g/mol. The Labute approximate surface area is 188 Å². The van der Waals surface area contributed by atoms with Crippen LogP contribution < -0.4 is 11.1 Å². The Morgan fingerprint density at radius 1 is 1.03 bits per heavy atom. The van der Waals surface area contributed by atoms with Crippen LogP contribution in [0.1, 0.15) is 36.9 Å². The van der Waals surface area contributed by atoms with Crippen LogP contribution in [0, 0.1) is 5.82 Å². The standard InChI is InChI=1S/C22H21FN8S/c1-13(18-26-20(24)28-21(27-18)25-14-7-3-2-4-8-14)32-22-30-29-19(31(22)15-11-12-15)16-9-5-6-10-17(16)23/h2-10,13,15H,11-12H2,1H3,(H3,24,25,26,27,28). The molecular formula is C22H21FN8S. The van der Waals surface area contributed by atoms with Gasteiger partial charge in [-0.2, -0.15) is 15.0 Å². The van der Waals surface area contributed by atoms with Gasteiger partial charge in [0.25, 0.3) is 0 Å². The van der Waals surface area contributed by atoms with Crippen molar-refractivity contribution in [2.45, 2.75) is 36.2 Å². The normalized spacial score (nSPS) is 14.3. The molecule has 0 saturated heterocycles. The van der Waals surface area contributed by atoms with E-state index in [4.69, 9.17) is 5.73 Å². The maximum Gasteiger partial charge on any atom is 0.232 e. The van der Waals surface area contributed by atoms with Crippen molar-refractivity contribution in [2.75, 3.05) is 11.1 Å². The summed E-state index contributed by atoms with van der Waals surface area (Å²) in [6.07, 6.45) is 2.04. The van der Waals surface area contributed by atoms with E-state index in [-0.39, 0.29) is 23.1 Å². The second-order valence-electron chi connectivity index (χ2n) is 7.51. The van der Waals surface area contributed by atoms with Crippen molar-refractivity contribution in [3.63, 3.8) is 0 Å². The van der Waals surface area contributed by atoms with Gasteiger partial charge in [-0.15, -0.1) is 10.2 Å². The number of aromatic nitrogens is 6. The first-order valence-corrected chi connectivity index (χ1v) is 11.2. The smallest absolute Gasteiger partial charge is 0.232 e. The van der Waals surface area contributed by atoms with Gasteiger partial charge in [0.15, 0.2) is 11.0 Å². The van der Waals surface area contributed by atoms with Gasteiger partial charge in [0.05, 0.1) is 10.8 Å². The Bertz CT molecular complexity index is 1240. The molecule has 1 unspecified atom stereocenters. The molecule has 10 heteroatoms. The molecule has 32 heavy (non-hydrogen) atoms. The van der Waals surface area contributed by atoms with Crippen molar-refractivity contribution in [3.8, 4) is 11.4 Å². The molecule has 162 valence electrons. The summed E-state index contributed by atoms with van der Waals surface area (Å²) in [5.74, 6) is 1.27. The number of benzene rings is 2. The van der Waals surface area contributed by atoms with Gasteiger partial charge < -0.3 is 11.1 Å². The molecule has 1 atom stereocenters. The van der Waals surface area contributed by atoms with Gasteiger partial charge in [-0.05, 0) is 44.0 Å². The number of anilines is 3. The van der Waals surface area contributed by atoms with Gasteiger partial charge in [0.2, 0.25) is 11.9 Å². The van der Waals surface area contributed by atoms with Gasteiger partial charge in [-0.1, -0.05) is 42.1 Å². The Hall–Kier alpha value is -3.53. The summed E-state index contributed by atoms with van der Waals surface area (Å²) in [5.41, 5.74) is 7.25. The highest BCUT2D eigenvalue weighted by Crippen LogP contribution is 2.43. The van der Waals surface area contributed by atoms with E-state index in [1.165, 1.54) is 17.8 Å². The lowest BCUT2D eigenvalue weighted by molar-refractivity contribution is 0.622. The minimum Gasteiger partial charge on any atom is -0.368 e. The molecule has 1 saturated carbocycles. The molecule has 0 spiro atoms. The first kappa shape index (κ1) is 20.4. The maximum absolute atomic E-state index is 14.4.